The first-order valence-electron chi connectivity index (χ1n) is 13.4. The molecule has 1 saturated carbocycles. The van der Waals surface area contributed by atoms with Gasteiger partial charge in [-0.1, -0.05) is 61.0 Å². The van der Waals surface area contributed by atoms with Crippen molar-refractivity contribution in [3.05, 3.63) is 87.5 Å². The molecule has 2 aromatic heterocycles. The van der Waals surface area contributed by atoms with E-state index in [0.717, 1.165) is 28.8 Å². The first-order chi connectivity index (χ1) is 19.0. The highest BCUT2D eigenvalue weighted by atomic mass is 16.5. The molecule has 0 spiro atoms. The maximum absolute atomic E-state index is 14.1. The second kappa shape index (κ2) is 11.6. The van der Waals surface area contributed by atoms with Gasteiger partial charge in [0.15, 0.2) is 5.65 Å². The Morgan fingerprint density at radius 3 is 2.56 bits per heavy atom. The number of ether oxygens (including phenoxy) is 1. The van der Waals surface area contributed by atoms with Crippen molar-refractivity contribution in [2.75, 3.05) is 6.61 Å². The minimum Gasteiger partial charge on any atom is -0.480 e. The lowest BCUT2D eigenvalue weighted by Gasteiger charge is -2.30. The van der Waals surface area contributed by atoms with Crippen molar-refractivity contribution in [2.24, 2.45) is 0 Å². The summed E-state index contributed by atoms with van der Waals surface area (Å²) in [5.41, 5.74) is 5.71. The van der Waals surface area contributed by atoms with Crippen LogP contribution >= 0.6 is 0 Å². The molecule has 0 unspecified atom stereocenters. The van der Waals surface area contributed by atoms with E-state index in [1.54, 1.807) is 6.20 Å². The standard InChI is InChI=1S/C30H31N5O4/c1-2-5-27-26(16-20-8-10-21(11-9-20)25-7-4-3-6-22(25)17-31)30(38)34(28-18-32-33-35(27)28)23-12-14-24(15-13-23)39-19-29(36)37/h3-4,6-11,18,23-24H,2,5,12-16,19H2,1H3,(H,36,37). The minimum absolute atomic E-state index is 0.0259. The Morgan fingerprint density at radius 1 is 1.13 bits per heavy atom. The number of hydrogen-bond acceptors (Lipinski definition) is 6. The van der Waals surface area contributed by atoms with E-state index in [-0.39, 0.29) is 24.3 Å². The predicted octanol–water partition coefficient (Wildman–Crippen LogP) is 4.56. The van der Waals surface area contributed by atoms with Crippen LogP contribution in [-0.2, 0) is 22.4 Å². The summed E-state index contributed by atoms with van der Waals surface area (Å²) in [5, 5.41) is 26.9. The van der Waals surface area contributed by atoms with Gasteiger partial charge in [0.1, 0.15) is 6.61 Å². The zero-order valence-electron chi connectivity index (χ0n) is 21.9. The lowest BCUT2D eigenvalue weighted by Crippen LogP contribution is -2.35. The summed E-state index contributed by atoms with van der Waals surface area (Å²) in [5.74, 6) is -0.973. The van der Waals surface area contributed by atoms with Crippen LogP contribution in [0.15, 0.2) is 59.5 Å². The summed E-state index contributed by atoms with van der Waals surface area (Å²) in [6.07, 6.45) is 6.37. The second-order valence-corrected chi connectivity index (χ2v) is 10.0. The number of carboxylic acid groups (broad SMARTS) is 1. The third-order valence-electron chi connectivity index (χ3n) is 7.49. The van der Waals surface area contributed by atoms with Crippen molar-refractivity contribution in [3.8, 4) is 17.2 Å². The molecule has 1 aliphatic carbocycles. The normalized spacial score (nSPS) is 17.2. The smallest absolute Gasteiger partial charge is 0.329 e. The lowest BCUT2D eigenvalue weighted by atomic mass is 9.92. The maximum Gasteiger partial charge on any atom is 0.329 e. The molecular formula is C30H31N5O4. The summed E-state index contributed by atoms with van der Waals surface area (Å²) in [6, 6.07) is 17.7. The van der Waals surface area contributed by atoms with Gasteiger partial charge < -0.3 is 9.84 Å². The van der Waals surface area contributed by atoms with E-state index in [1.165, 1.54) is 0 Å². The largest absolute Gasteiger partial charge is 0.480 e. The Hall–Kier alpha value is -4.29. The number of rotatable bonds is 9. The molecule has 4 aromatic rings. The number of nitriles is 1. The molecule has 1 N–H and O–H groups in total. The number of aliphatic carboxylic acids is 1. The number of fused-ring (bicyclic) bond motifs is 1. The van der Waals surface area contributed by atoms with Crippen LogP contribution in [-0.4, -0.2) is 43.2 Å². The average Bonchev–Trinajstić information content (AvgIpc) is 3.44. The van der Waals surface area contributed by atoms with Gasteiger partial charge in [0.05, 0.1) is 29.6 Å². The van der Waals surface area contributed by atoms with Gasteiger partial charge in [0.2, 0.25) is 0 Å². The Kier molecular flexibility index (Phi) is 7.84. The van der Waals surface area contributed by atoms with Crippen LogP contribution in [0.5, 0.6) is 0 Å². The molecule has 9 nitrogen and oxygen atoms in total. The Morgan fingerprint density at radius 2 is 1.87 bits per heavy atom. The fourth-order valence-electron chi connectivity index (χ4n) is 5.61. The highest BCUT2D eigenvalue weighted by Crippen LogP contribution is 2.31. The van der Waals surface area contributed by atoms with Gasteiger partial charge in [-0.2, -0.15) is 5.26 Å². The molecule has 1 fully saturated rings. The quantitative estimate of drug-likeness (QED) is 0.340. The molecule has 2 aromatic carbocycles. The number of carboxylic acids is 1. The van der Waals surface area contributed by atoms with Gasteiger partial charge in [0, 0.05) is 18.0 Å². The minimum atomic E-state index is -0.973. The van der Waals surface area contributed by atoms with E-state index < -0.39 is 5.97 Å². The molecule has 200 valence electrons. The van der Waals surface area contributed by atoms with E-state index in [9.17, 15) is 14.9 Å². The average molecular weight is 526 g/mol. The van der Waals surface area contributed by atoms with Gasteiger partial charge in [-0.25, -0.2) is 9.31 Å². The fourth-order valence-corrected chi connectivity index (χ4v) is 5.61. The molecule has 0 aliphatic heterocycles. The molecule has 9 heteroatoms. The summed E-state index contributed by atoms with van der Waals surface area (Å²) in [4.78, 5) is 25.0. The number of benzene rings is 2. The molecular weight excluding hydrogens is 494 g/mol. The summed E-state index contributed by atoms with van der Waals surface area (Å²) >= 11 is 0. The van der Waals surface area contributed by atoms with Crippen LogP contribution in [0.25, 0.3) is 16.8 Å². The third kappa shape index (κ3) is 5.47. The van der Waals surface area contributed by atoms with Crippen molar-refractivity contribution >= 4 is 11.6 Å². The molecule has 0 atom stereocenters. The van der Waals surface area contributed by atoms with E-state index in [1.807, 2.05) is 57.6 Å². The second-order valence-electron chi connectivity index (χ2n) is 10.0. The van der Waals surface area contributed by atoms with E-state index in [4.69, 9.17) is 9.84 Å². The molecule has 0 amide bonds. The van der Waals surface area contributed by atoms with Crippen molar-refractivity contribution < 1.29 is 14.6 Å². The van der Waals surface area contributed by atoms with Crippen molar-refractivity contribution in [1.29, 1.82) is 5.26 Å². The molecule has 39 heavy (non-hydrogen) atoms. The monoisotopic (exact) mass is 525 g/mol. The number of carbonyl (C=O) groups is 1. The van der Waals surface area contributed by atoms with Crippen LogP contribution in [0.1, 0.15) is 67.5 Å². The Labute approximate surface area is 226 Å². The number of nitrogens with zero attached hydrogens (tertiary/aromatic N) is 5. The topological polar surface area (TPSA) is 123 Å². The van der Waals surface area contributed by atoms with Gasteiger partial charge >= 0.3 is 5.97 Å². The maximum atomic E-state index is 14.1. The van der Waals surface area contributed by atoms with Crippen LogP contribution in [0.4, 0.5) is 0 Å². The van der Waals surface area contributed by atoms with Crippen LogP contribution in [0.2, 0.25) is 0 Å². The first-order valence-corrected chi connectivity index (χ1v) is 13.4. The summed E-state index contributed by atoms with van der Waals surface area (Å²) < 4.78 is 9.15. The Balaban J connectivity index is 1.47. The van der Waals surface area contributed by atoms with Crippen LogP contribution in [0, 0.1) is 11.3 Å². The van der Waals surface area contributed by atoms with Crippen molar-refractivity contribution in [2.45, 2.75) is 64.0 Å². The first kappa shape index (κ1) is 26.3. The summed E-state index contributed by atoms with van der Waals surface area (Å²) in [7, 11) is 0. The van der Waals surface area contributed by atoms with Gasteiger partial charge in [-0.05, 0) is 54.9 Å². The van der Waals surface area contributed by atoms with Gasteiger partial charge in [-0.3, -0.25) is 9.36 Å². The molecule has 0 radical (unpaired) electrons. The third-order valence-corrected chi connectivity index (χ3v) is 7.49. The lowest BCUT2D eigenvalue weighted by molar-refractivity contribution is -0.145. The highest BCUT2D eigenvalue weighted by Gasteiger charge is 2.28. The molecule has 0 saturated heterocycles. The number of aromatic nitrogens is 4. The van der Waals surface area contributed by atoms with Gasteiger partial charge in [-0.15, -0.1) is 5.10 Å². The number of hydrogen-bond donors (Lipinski definition) is 1. The zero-order chi connectivity index (χ0) is 27.4. The zero-order valence-corrected chi connectivity index (χ0v) is 21.9. The van der Waals surface area contributed by atoms with Crippen molar-refractivity contribution in [1.82, 2.24) is 19.4 Å². The summed E-state index contributed by atoms with van der Waals surface area (Å²) in [6.45, 7) is 1.78. The van der Waals surface area contributed by atoms with Crippen LogP contribution < -0.4 is 5.56 Å². The van der Waals surface area contributed by atoms with E-state index in [2.05, 4.69) is 23.3 Å². The number of aryl methyl sites for hydroxylation is 1. The van der Waals surface area contributed by atoms with E-state index >= 15 is 0 Å². The SMILES string of the molecule is CCCc1c(Cc2ccc(-c3ccccc3C#N)cc2)c(=O)n(C2CCC(OCC(=O)O)CC2)c2cnnn12. The molecule has 2 heterocycles. The van der Waals surface area contributed by atoms with Gasteiger partial charge in [0.25, 0.3) is 5.56 Å². The highest BCUT2D eigenvalue weighted by molar-refractivity contribution is 5.70. The molecule has 5 rings (SSSR count). The fraction of sp³-hybridized carbons (Fsp3) is 0.367. The van der Waals surface area contributed by atoms with Crippen LogP contribution in [0.3, 0.4) is 0 Å². The Bertz CT molecular complexity index is 1570. The molecule has 1 aliphatic rings. The van der Waals surface area contributed by atoms with Crippen molar-refractivity contribution in [3.63, 3.8) is 0 Å². The van der Waals surface area contributed by atoms with E-state index in [0.29, 0.717) is 55.3 Å². The molecule has 0 bridgehead atoms. The predicted molar refractivity (Wildman–Crippen MR) is 146 cm³/mol.